The van der Waals surface area contributed by atoms with Gasteiger partial charge < -0.3 is 24.1 Å². The summed E-state index contributed by atoms with van der Waals surface area (Å²) in [5.41, 5.74) is -8.27. The summed E-state index contributed by atoms with van der Waals surface area (Å²) in [5.74, 6) is -4.79. The van der Waals surface area contributed by atoms with Crippen molar-refractivity contribution >= 4 is 23.7 Å². The predicted octanol–water partition coefficient (Wildman–Crippen LogP) is 1.33. The van der Waals surface area contributed by atoms with Crippen molar-refractivity contribution in [2.24, 2.45) is 34.5 Å². The van der Waals surface area contributed by atoms with E-state index in [1.54, 1.807) is 13.0 Å². The lowest BCUT2D eigenvalue weighted by Crippen LogP contribution is -2.82. The van der Waals surface area contributed by atoms with Crippen LogP contribution in [0.5, 0.6) is 0 Å². The highest BCUT2D eigenvalue weighted by atomic mass is 16.7. The predicted molar refractivity (Wildman–Crippen MR) is 122 cm³/mol. The molecule has 4 aliphatic carbocycles. The van der Waals surface area contributed by atoms with E-state index >= 15 is 0 Å². The molecule has 0 radical (unpaired) electrons. The van der Waals surface area contributed by atoms with Gasteiger partial charge in [-0.2, -0.15) is 0 Å². The zero-order valence-electron chi connectivity index (χ0n) is 20.8. The highest BCUT2D eigenvalue weighted by Gasteiger charge is 2.95. The Morgan fingerprint density at radius 1 is 1.03 bits per heavy atom. The molecule has 2 saturated carbocycles. The van der Waals surface area contributed by atoms with Gasteiger partial charge in [0.15, 0.2) is 17.0 Å². The molecule has 1 spiro atoms. The van der Waals surface area contributed by atoms with Crippen molar-refractivity contribution in [1.29, 1.82) is 0 Å². The smallest absolute Gasteiger partial charge is 0.343 e. The van der Waals surface area contributed by atoms with E-state index in [-0.39, 0.29) is 25.2 Å². The van der Waals surface area contributed by atoms with E-state index in [2.05, 4.69) is 0 Å². The van der Waals surface area contributed by atoms with Crippen LogP contribution in [0.4, 0.5) is 0 Å². The Kier molecular flexibility index (Phi) is 3.57. The van der Waals surface area contributed by atoms with Crippen molar-refractivity contribution in [3.05, 3.63) is 36.0 Å². The summed E-state index contributed by atoms with van der Waals surface area (Å²) in [5, 5.41) is 12.4. The number of carbonyl (C=O) groups is 4. The van der Waals surface area contributed by atoms with Crippen LogP contribution in [-0.4, -0.2) is 63.9 Å². The van der Waals surface area contributed by atoms with Gasteiger partial charge in [-0.3, -0.25) is 9.59 Å². The summed E-state index contributed by atoms with van der Waals surface area (Å²) >= 11 is 0. The number of hydrogen-bond donors (Lipinski definition) is 1. The summed E-state index contributed by atoms with van der Waals surface area (Å²) in [4.78, 5) is 54.7. The van der Waals surface area contributed by atoms with E-state index in [1.165, 1.54) is 6.08 Å². The maximum Gasteiger partial charge on any atom is 0.343 e. The average Bonchev–Trinajstić information content (AvgIpc) is 3.22. The van der Waals surface area contributed by atoms with Crippen molar-refractivity contribution < 1.29 is 43.2 Å². The first-order valence-electron chi connectivity index (χ1n) is 13.1. The molecule has 37 heavy (non-hydrogen) atoms. The van der Waals surface area contributed by atoms with Crippen LogP contribution in [0.15, 0.2) is 36.0 Å². The molecular weight excluding hydrogens is 480 g/mol. The minimum Gasteiger partial charge on any atom is -0.458 e. The van der Waals surface area contributed by atoms with Crippen LogP contribution < -0.4 is 0 Å². The van der Waals surface area contributed by atoms with Crippen LogP contribution in [0.25, 0.3) is 0 Å². The first-order valence-corrected chi connectivity index (χ1v) is 13.1. The number of fused-ring (bicyclic) bond motifs is 5. The van der Waals surface area contributed by atoms with Gasteiger partial charge in [0.1, 0.15) is 6.10 Å². The molecule has 4 saturated heterocycles. The Balaban J connectivity index is 1.46. The van der Waals surface area contributed by atoms with Gasteiger partial charge in [0.25, 0.3) is 0 Å². The van der Waals surface area contributed by atoms with Crippen LogP contribution in [0.2, 0.25) is 0 Å². The number of aliphatic hydroxyl groups is 1. The van der Waals surface area contributed by atoms with Gasteiger partial charge in [0, 0.05) is 5.92 Å². The third-order valence-corrected chi connectivity index (χ3v) is 11.7. The SMILES string of the molecule is CC12C(=O)C=CC=C1C=CC1C2CCC2(O)C(=O)OC3(C)C4CC5(C)C(COC16C(=O)OC23C56)C(=O)O4. The van der Waals surface area contributed by atoms with Crippen molar-refractivity contribution in [3.63, 3.8) is 0 Å². The number of rotatable bonds is 0. The molecule has 8 aliphatic rings. The molecule has 11 atom stereocenters. The minimum atomic E-state index is -2.20. The number of ether oxygens (including phenoxy) is 4. The molecule has 0 aromatic carbocycles. The number of carbonyl (C=O) groups excluding carboxylic acids is 4. The van der Waals surface area contributed by atoms with E-state index in [1.807, 2.05) is 32.1 Å². The maximum atomic E-state index is 14.3. The fourth-order valence-electron chi connectivity index (χ4n) is 9.95. The second kappa shape index (κ2) is 5.94. The second-order valence-corrected chi connectivity index (χ2v) is 12.8. The normalized spacial score (nSPS) is 57.8. The molecule has 8 rings (SSSR count). The Labute approximate surface area is 212 Å². The van der Waals surface area contributed by atoms with E-state index in [0.717, 1.165) is 5.57 Å². The lowest BCUT2D eigenvalue weighted by atomic mass is 9.39. The Bertz CT molecular complexity index is 1340. The zero-order chi connectivity index (χ0) is 26.0. The molecule has 0 aromatic heterocycles. The first-order chi connectivity index (χ1) is 17.4. The van der Waals surface area contributed by atoms with Gasteiger partial charge in [-0.05, 0) is 56.1 Å². The molecule has 0 amide bonds. The van der Waals surface area contributed by atoms with Gasteiger partial charge in [-0.1, -0.05) is 31.2 Å². The molecule has 9 heteroatoms. The van der Waals surface area contributed by atoms with Crippen molar-refractivity contribution in [1.82, 2.24) is 0 Å². The van der Waals surface area contributed by atoms with Crippen LogP contribution in [0, 0.1) is 34.5 Å². The van der Waals surface area contributed by atoms with Crippen molar-refractivity contribution in [3.8, 4) is 0 Å². The second-order valence-electron chi connectivity index (χ2n) is 12.8. The molecule has 4 aliphatic heterocycles. The lowest BCUT2D eigenvalue weighted by molar-refractivity contribution is -0.329. The molecule has 4 heterocycles. The molecule has 1 N–H and O–H groups in total. The molecule has 0 aromatic rings. The largest absolute Gasteiger partial charge is 0.458 e. The maximum absolute atomic E-state index is 14.3. The van der Waals surface area contributed by atoms with E-state index in [4.69, 9.17) is 18.9 Å². The Morgan fingerprint density at radius 2 is 1.81 bits per heavy atom. The summed E-state index contributed by atoms with van der Waals surface area (Å²) < 4.78 is 24.6. The lowest BCUT2D eigenvalue weighted by Gasteiger charge is -2.67. The van der Waals surface area contributed by atoms with Crippen molar-refractivity contribution in [2.45, 2.75) is 68.5 Å². The minimum absolute atomic E-state index is 0.0575. The molecule has 4 bridgehead atoms. The molecule has 11 unspecified atom stereocenters. The van der Waals surface area contributed by atoms with Gasteiger partial charge in [-0.25, -0.2) is 9.59 Å². The van der Waals surface area contributed by atoms with Crippen LogP contribution >= 0.6 is 0 Å². The van der Waals surface area contributed by atoms with E-state index in [9.17, 15) is 24.3 Å². The van der Waals surface area contributed by atoms with Gasteiger partial charge in [0.2, 0.25) is 11.2 Å². The fourth-order valence-corrected chi connectivity index (χ4v) is 9.95. The third-order valence-electron chi connectivity index (χ3n) is 11.7. The van der Waals surface area contributed by atoms with Gasteiger partial charge in [-0.15, -0.1) is 0 Å². The summed E-state index contributed by atoms with van der Waals surface area (Å²) in [6, 6.07) is 0. The van der Waals surface area contributed by atoms with E-state index in [0.29, 0.717) is 6.42 Å². The van der Waals surface area contributed by atoms with Crippen LogP contribution in [-0.2, 0) is 38.1 Å². The topological polar surface area (TPSA) is 125 Å². The summed E-state index contributed by atoms with van der Waals surface area (Å²) in [6.45, 7) is 5.33. The fraction of sp³-hybridized carbons (Fsp3) is 0.643. The molecule has 194 valence electrons. The zero-order valence-corrected chi connectivity index (χ0v) is 20.8. The summed E-state index contributed by atoms with van der Waals surface area (Å²) in [6.07, 6.45) is 8.59. The molecule has 9 nitrogen and oxygen atoms in total. The van der Waals surface area contributed by atoms with Crippen LogP contribution in [0.1, 0.15) is 40.0 Å². The Morgan fingerprint density at radius 3 is 2.59 bits per heavy atom. The third kappa shape index (κ3) is 1.88. The molecule has 6 fully saturated rings. The monoisotopic (exact) mass is 508 g/mol. The highest BCUT2D eigenvalue weighted by Crippen LogP contribution is 2.76. The number of ketones is 1. The Hall–Kier alpha value is -2.78. The highest BCUT2D eigenvalue weighted by molar-refractivity contribution is 6.00. The first kappa shape index (κ1) is 22.2. The molecular formula is C28H28O9. The number of esters is 3. The van der Waals surface area contributed by atoms with Crippen molar-refractivity contribution in [2.75, 3.05) is 6.61 Å². The van der Waals surface area contributed by atoms with E-state index < -0.39 is 80.9 Å². The summed E-state index contributed by atoms with van der Waals surface area (Å²) in [7, 11) is 0. The quantitative estimate of drug-likeness (QED) is 0.381. The number of allylic oxidation sites excluding steroid dienone is 5. The van der Waals surface area contributed by atoms with Gasteiger partial charge >= 0.3 is 17.9 Å². The van der Waals surface area contributed by atoms with Gasteiger partial charge in [0.05, 0.1) is 23.9 Å². The number of hydrogen-bond acceptors (Lipinski definition) is 9. The standard InChI is InChI=1S/C28H28O9/c1-23-11-18-25(3)28-20(23)27(22(32)37-28,34-12-16(23)19(30)35-18)15-8-7-13-5-4-6-17(29)24(13,2)14(15)9-10-26(28,33)21(31)36-25/h4-8,14-16,18,20,33H,9-12H2,1-3H3. The average molecular weight is 509 g/mol. The van der Waals surface area contributed by atoms with Crippen LogP contribution in [0.3, 0.4) is 0 Å².